The van der Waals surface area contributed by atoms with Crippen LogP contribution in [0, 0.1) is 6.92 Å². The second-order valence-corrected chi connectivity index (χ2v) is 9.83. The number of aromatic nitrogens is 4. The van der Waals surface area contributed by atoms with Gasteiger partial charge in [0.15, 0.2) is 0 Å². The Balaban J connectivity index is 1.13. The van der Waals surface area contributed by atoms with Crippen molar-refractivity contribution in [2.24, 2.45) is 0 Å². The SMILES string of the molecule is COc1ccc2c(c1)CCN(C1CCN(c3cc(C(=O)c4cc(C)c5[nH]ncc5c4)ncn3)CC1)C(=O)N2. The van der Waals surface area contributed by atoms with Crippen LogP contribution in [0.2, 0.25) is 0 Å². The number of ether oxygens (including phenoxy) is 1. The monoisotopic (exact) mass is 511 g/mol. The Morgan fingerprint density at radius 3 is 2.74 bits per heavy atom. The highest BCUT2D eigenvalue weighted by molar-refractivity contribution is 6.10. The van der Waals surface area contributed by atoms with Crippen LogP contribution in [0.15, 0.2) is 48.9 Å². The van der Waals surface area contributed by atoms with Gasteiger partial charge in [0.05, 0.1) is 18.8 Å². The van der Waals surface area contributed by atoms with Gasteiger partial charge in [0, 0.05) is 48.4 Å². The molecule has 38 heavy (non-hydrogen) atoms. The van der Waals surface area contributed by atoms with Gasteiger partial charge in [-0.3, -0.25) is 9.89 Å². The van der Waals surface area contributed by atoms with Crippen molar-refractivity contribution < 1.29 is 14.3 Å². The van der Waals surface area contributed by atoms with E-state index in [1.165, 1.54) is 6.33 Å². The predicted molar refractivity (Wildman–Crippen MR) is 144 cm³/mol. The first-order chi connectivity index (χ1) is 18.5. The average Bonchev–Trinajstić information content (AvgIpc) is 3.37. The highest BCUT2D eigenvalue weighted by atomic mass is 16.5. The summed E-state index contributed by atoms with van der Waals surface area (Å²) >= 11 is 0. The molecule has 0 spiro atoms. The second-order valence-electron chi connectivity index (χ2n) is 9.83. The normalized spacial score (nSPS) is 16.2. The van der Waals surface area contributed by atoms with Gasteiger partial charge in [0.2, 0.25) is 5.78 Å². The topological polar surface area (TPSA) is 116 Å². The number of rotatable bonds is 5. The van der Waals surface area contributed by atoms with Gasteiger partial charge >= 0.3 is 6.03 Å². The number of anilines is 2. The third kappa shape index (κ3) is 4.42. The fraction of sp³-hybridized carbons (Fsp3) is 0.321. The molecule has 4 aromatic rings. The molecule has 0 saturated carbocycles. The number of nitrogens with zero attached hydrogens (tertiary/aromatic N) is 5. The molecule has 1 saturated heterocycles. The summed E-state index contributed by atoms with van der Waals surface area (Å²) in [6, 6.07) is 11.3. The van der Waals surface area contributed by atoms with Gasteiger partial charge in [-0.1, -0.05) is 0 Å². The Morgan fingerprint density at radius 2 is 1.92 bits per heavy atom. The maximum Gasteiger partial charge on any atom is 0.322 e. The summed E-state index contributed by atoms with van der Waals surface area (Å²) in [4.78, 5) is 39.1. The number of hydrogen-bond donors (Lipinski definition) is 2. The fourth-order valence-corrected chi connectivity index (χ4v) is 5.47. The van der Waals surface area contributed by atoms with Crippen LogP contribution in [-0.4, -0.2) is 69.7 Å². The molecule has 0 aliphatic carbocycles. The zero-order valence-corrected chi connectivity index (χ0v) is 21.4. The lowest BCUT2D eigenvalue weighted by molar-refractivity contribution is 0.103. The molecule has 10 nitrogen and oxygen atoms in total. The molecule has 10 heteroatoms. The smallest absolute Gasteiger partial charge is 0.322 e. The minimum Gasteiger partial charge on any atom is -0.497 e. The lowest BCUT2D eigenvalue weighted by Gasteiger charge is -2.38. The van der Waals surface area contributed by atoms with Crippen molar-refractivity contribution in [2.75, 3.05) is 37.0 Å². The molecule has 2 N–H and O–H groups in total. The number of aryl methyl sites for hydroxylation is 1. The first-order valence-electron chi connectivity index (χ1n) is 12.8. The largest absolute Gasteiger partial charge is 0.497 e. The summed E-state index contributed by atoms with van der Waals surface area (Å²) in [5.74, 6) is 1.37. The number of piperidine rings is 1. The molecule has 2 aromatic carbocycles. The summed E-state index contributed by atoms with van der Waals surface area (Å²) in [6.45, 7) is 4.08. The highest BCUT2D eigenvalue weighted by Crippen LogP contribution is 2.29. The molecule has 1 fully saturated rings. The summed E-state index contributed by atoms with van der Waals surface area (Å²) in [5.41, 5.74) is 4.74. The van der Waals surface area contributed by atoms with Crippen LogP contribution >= 0.6 is 0 Å². The molecular formula is C28H29N7O3. The summed E-state index contributed by atoms with van der Waals surface area (Å²) in [6.07, 6.45) is 5.57. The summed E-state index contributed by atoms with van der Waals surface area (Å²) in [7, 11) is 1.65. The van der Waals surface area contributed by atoms with Gasteiger partial charge in [-0.15, -0.1) is 0 Å². The molecule has 0 atom stereocenters. The van der Waals surface area contributed by atoms with Gasteiger partial charge in [-0.25, -0.2) is 14.8 Å². The molecule has 2 aliphatic heterocycles. The number of fused-ring (bicyclic) bond motifs is 2. The quantitative estimate of drug-likeness (QED) is 0.390. The molecule has 2 amide bonds. The number of hydrogen-bond acceptors (Lipinski definition) is 7. The van der Waals surface area contributed by atoms with E-state index in [4.69, 9.17) is 4.74 Å². The Morgan fingerprint density at radius 1 is 1.08 bits per heavy atom. The molecule has 194 valence electrons. The maximum absolute atomic E-state index is 13.3. The fourth-order valence-electron chi connectivity index (χ4n) is 5.47. The number of ketones is 1. The molecule has 0 unspecified atom stereocenters. The van der Waals surface area contributed by atoms with E-state index < -0.39 is 0 Å². The van der Waals surface area contributed by atoms with Gasteiger partial charge in [0.25, 0.3) is 0 Å². The molecule has 0 radical (unpaired) electrons. The van der Waals surface area contributed by atoms with E-state index in [9.17, 15) is 9.59 Å². The van der Waals surface area contributed by atoms with Crippen molar-refractivity contribution in [3.8, 4) is 5.75 Å². The highest BCUT2D eigenvalue weighted by Gasteiger charge is 2.31. The van der Waals surface area contributed by atoms with E-state index in [1.807, 2.05) is 42.2 Å². The Bertz CT molecular complexity index is 1520. The van der Waals surface area contributed by atoms with Crippen LogP contribution in [0.3, 0.4) is 0 Å². The second kappa shape index (κ2) is 9.77. The molecule has 6 rings (SSSR count). The van der Waals surface area contributed by atoms with Gasteiger partial charge in [-0.2, -0.15) is 5.10 Å². The first-order valence-corrected chi connectivity index (χ1v) is 12.8. The van der Waals surface area contributed by atoms with Crippen LogP contribution < -0.4 is 15.0 Å². The number of carbonyl (C=O) groups excluding carboxylic acids is 2. The lowest BCUT2D eigenvalue weighted by Crippen LogP contribution is -2.49. The van der Waals surface area contributed by atoms with Crippen LogP contribution in [0.5, 0.6) is 5.75 Å². The number of amides is 2. The van der Waals surface area contributed by atoms with Crippen LogP contribution in [-0.2, 0) is 6.42 Å². The number of methoxy groups -OCH3 is 1. The van der Waals surface area contributed by atoms with E-state index in [0.717, 1.165) is 71.6 Å². The number of urea groups is 1. The van der Waals surface area contributed by atoms with Crippen molar-refractivity contribution in [1.29, 1.82) is 0 Å². The number of H-pyrrole nitrogens is 1. The number of aromatic amines is 1. The Kier molecular flexibility index (Phi) is 6.15. The number of nitrogens with one attached hydrogen (secondary N) is 2. The molecule has 4 heterocycles. The Hall–Kier alpha value is -4.47. The Labute approximate surface area is 220 Å². The summed E-state index contributed by atoms with van der Waals surface area (Å²) in [5, 5.41) is 11.0. The van der Waals surface area contributed by atoms with Crippen molar-refractivity contribution in [1.82, 2.24) is 25.1 Å². The van der Waals surface area contributed by atoms with E-state index >= 15 is 0 Å². The third-order valence-electron chi connectivity index (χ3n) is 7.56. The van der Waals surface area contributed by atoms with Crippen molar-refractivity contribution in [3.63, 3.8) is 0 Å². The number of carbonyl (C=O) groups is 2. The molecule has 0 bridgehead atoms. The maximum atomic E-state index is 13.3. The van der Waals surface area contributed by atoms with Gasteiger partial charge in [-0.05, 0) is 67.6 Å². The van der Waals surface area contributed by atoms with E-state index in [2.05, 4.69) is 30.4 Å². The van der Waals surface area contributed by atoms with Crippen LogP contribution in [0.25, 0.3) is 10.9 Å². The van der Waals surface area contributed by atoms with Crippen LogP contribution in [0.4, 0.5) is 16.3 Å². The predicted octanol–water partition coefficient (Wildman–Crippen LogP) is 3.96. The zero-order chi connectivity index (χ0) is 26.2. The van der Waals surface area contributed by atoms with E-state index in [1.54, 1.807) is 19.4 Å². The van der Waals surface area contributed by atoms with E-state index in [-0.39, 0.29) is 17.9 Å². The minimum atomic E-state index is -0.146. The van der Waals surface area contributed by atoms with Crippen LogP contribution in [0.1, 0.15) is 40.0 Å². The van der Waals surface area contributed by atoms with Crippen molar-refractivity contribution in [2.45, 2.75) is 32.2 Å². The third-order valence-corrected chi connectivity index (χ3v) is 7.56. The molecule has 2 aliphatic rings. The molecule has 2 aromatic heterocycles. The minimum absolute atomic E-state index is 0.0628. The summed E-state index contributed by atoms with van der Waals surface area (Å²) < 4.78 is 5.34. The van der Waals surface area contributed by atoms with Gasteiger partial charge in [0.1, 0.15) is 23.6 Å². The van der Waals surface area contributed by atoms with E-state index in [0.29, 0.717) is 17.8 Å². The molecular weight excluding hydrogens is 482 g/mol. The number of benzene rings is 2. The first kappa shape index (κ1) is 23.9. The van der Waals surface area contributed by atoms with Crippen molar-refractivity contribution in [3.05, 3.63) is 71.3 Å². The van der Waals surface area contributed by atoms with Crippen molar-refractivity contribution >= 4 is 34.2 Å². The average molecular weight is 512 g/mol. The lowest BCUT2D eigenvalue weighted by atomic mass is 10.0. The zero-order valence-electron chi connectivity index (χ0n) is 21.4. The van der Waals surface area contributed by atoms with Gasteiger partial charge < -0.3 is 19.9 Å². The standard InChI is InChI=1S/C28H29N7O3/c1-17-11-19(12-20-15-31-33-26(17)20)27(36)24-14-25(30-16-29-24)34-8-6-21(7-9-34)35-10-5-18-13-22(38-2)3-4-23(18)32-28(35)37/h3-4,11-16,21H,5-10H2,1-2H3,(H,31,33)(H,32,37).